The van der Waals surface area contributed by atoms with Crippen molar-refractivity contribution in [2.24, 2.45) is 5.92 Å². The van der Waals surface area contributed by atoms with Crippen LogP contribution in [0.5, 0.6) is 0 Å². The number of aromatic nitrogens is 2. The normalized spacial score (nSPS) is 13.5. The molecule has 0 spiro atoms. The summed E-state index contributed by atoms with van der Waals surface area (Å²) < 4.78 is 24.6. The summed E-state index contributed by atoms with van der Waals surface area (Å²) in [6.07, 6.45) is -1.34. The Kier molecular flexibility index (Phi) is 4.56. The van der Waals surface area contributed by atoms with Gasteiger partial charge in [-0.05, 0) is 13.0 Å². The minimum Gasteiger partial charge on any atom is -0.313 e. The molecule has 1 aromatic heterocycles. The van der Waals surface area contributed by atoms with E-state index in [0.29, 0.717) is 5.56 Å². The summed E-state index contributed by atoms with van der Waals surface area (Å²) in [7, 11) is 1.78. The second-order valence-electron chi connectivity index (χ2n) is 3.79. The third-order valence-corrected chi connectivity index (χ3v) is 2.60. The molecule has 0 aliphatic heterocycles. The summed E-state index contributed by atoms with van der Waals surface area (Å²) in [4.78, 5) is 7.19. The van der Waals surface area contributed by atoms with E-state index in [4.69, 9.17) is 11.6 Å². The lowest BCUT2D eigenvalue weighted by Crippen LogP contribution is -2.22. The van der Waals surface area contributed by atoms with Crippen LogP contribution in [0.15, 0.2) is 6.20 Å². The summed E-state index contributed by atoms with van der Waals surface area (Å²) in [5, 5.41) is 3.14. The van der Waals surface area contributed by atoms with Gasteiger partial charge in [0.1, 0.15) is 5.15 Å². The van der Waals surface area contributed by atoms with Gasteiger partial charge in [-0.3, -0.25) is 0 Å². The van der Waals surface area contributed by atoms with Crippen LogP contribution in [0.4, 0.5) is 8.78 Å². The molecule has 0 aliphatic carbocycles. The van der Waals surface area contributed by atoms with Gasteiger partial charge in [-0.15, -0.1) is 0 Å². The Labute approximate surface area is 98.2 Å². The van der Waals surface area contributed by atoms with E-state index in [2.05, 4.69) is 15.3 Å². The SMILES string of the molecule is CNC(c1cnc(C(F)F)nc1Cl)C(C)C. The monoisotopic (exact) mass is 249 g/mol. The van der Waals surface area contributed by atoms with Gasteiger partial charge in [-0.1, -0.05) is 25.4 Å². The molecule has 0 radical (unpaired) electrons. The molecule has 1 aromatic rings. The van der Waals surface area contributed by atoms with Crippen LogP contribution >= 0.6 is 11.6 Å². The number of halogens is 3. The van der Waals surface area contributed by atoms with E-state index in [9.17, 15) is 8.78 Å². The zero-order valence-electron chi connectivity index (χ0n) is 9.34. The maximum atomic E-state index is 12.3. The first-order chi connectivity index (χ1) is 7.47. The van der Waals surface area contributed by atoms with E-state index < -0.39 is 12.2 Å². The van der Waals surface area contributed by atoms with Gasteiger partial charge >= 0.3 is 0 Å². The molecule has 90 valence electrons. The maximum Gasteiger partial charge on any atom is 0.297 e. The number of alkyl halides is 2. The van der Waals surface area contributed by atoms with Crippen molar-refractivity contribution in [3.8, 4) is 0 Å². The zero-order chi connectivity index (χ0) is 12.3. The number of hydrogen-bond acceptors (Lipinski definition) is 3. The Morgan fingerprint density at radius 3 is 2.38 bits per heavy atom. The van der Waals surface area contributed by atoms with Crippen molar-refractivity contribution in [3.05, 3.63) is 22.7 Å². The highest BCUT2D eigenvalue weighted by Crippen LogP contribution is 2.27. The molecule has 0 aromatic carbocycles. The van der Waals surface area contributed by atoms with Crippen molar-refractivity contribution in [2.75, 3.05) is 7.05 Å². The Bertz CT molecular complexity index is 358. The zero-order valence-corrected chi connectivity index (χ0v) is 10.1. The number of hydrogen-bond donors (Lipinski definition) is 1. The summed E-state index contributed by atoms with van der Waals surface area (Å²) in [5.41, 5.74) is 0.642. The van der Waals surface area contributed by atoms with Crippen molar-refractivity contribution < 1.29 is 8.78 Å². The molecule has 0 fully saturated rings. The Balaban J connectivity index is 3.06. The highest BCUT2D eigenvalue weighted by molar-refractivity contribution is 6.30. The molecule has 1 heterocycles. The molecule has 0 saturated heterocycles. The van der Waals surface area contributed by atoms with Gasteiger partial charge in [0.05, 0.1) is 0 Å². The minimum atomic E-state index is -2.70. The molecule has 0 saturated carbocycles. The summed E-state index contributed by atoms with van der Waals surface area (Å²) in [6, 6.07) is -0.0424. The molecule has 0 amide bonds. The van der Waals surface area contributed by atoms with E-state index in [-0.39, 0.29) is 17.1 Å². The van der Waals surface area contributed by atoms with Crippen LogP contribution in [0, 0.1) is 5.92 Å². The lowest BCUT2D eigenvalue weighted by molar-refractivity contribution is 0.140. The van der Waals surface area contributed by atoms with Crippen molar-refractivity contribution in [1.29, 1.82) is 0 Å². The van der Waals surface area contributed by atoms with Gasteiger partial charge < -0.3 is 5.32 Å². The largest absolute Gasteiger partial charge is 0.313 e. The minimum absolute atomic E-state index is 0.0424. The fraction of sp³-hybridized carbons (Fsp3) is 0.600. The number of rotatable bonds is 4. The average Bonchev–Trinajstić information content (AvgIpc) is 2.20. The van der Waals surface area contributed by atoms with E-state index >= 15 is 0 Å². The molecule has 6 heteroatoms. The third kappa shape index (κ3) is 2.86. The van der Waals surface area contributed by atoms with E-state index in [1.807, 2.05) is 13.8 Å². The Morgan fingerprint density at radius 2 is 2.00 bits per heavy atom. The van der Waals surface area contributed by atoms with Gasteiger partial charge in [0.2, 0.25) is 0 Å². The first-order valence-electron chi connectivity index (χ1n) is 4.95. The first-order valence-corrected chi connectivity index (χ1v) is 5.33. The summed E-state index contributed by atoms with van der Waals surface area (Å²) >= 11 is 5.87. The van der Waals surface area contributed by atoms with Crippen LogP contribution < -0.4 is 5.32 Å². The quantitative estimate of drug-likeness (QED) is 0.834. The van der Waals surface area contributed by atoms with E-state index in [0.717, 1.165) is 0 Å². The molecule has 1 atom stereocenters. The highest BCUT2D eigenvalue weighted by Gasteiger charge is 2.20. The predicted molar refractivity (Wildman–Crippen MR) is 58.6 cm³/mol. The maximum absolute atomic E-state index is 12.3. The van der Waals surface area contributed by atoms with Crippen LogP contribution in [0.2, 0.25) is 5.15 Å². The molecule has 1 unspecified atom stereocenters. The number of nitrogens with zero attached hydrogens (tertiary/aromatic N) is 2. The second-order valence-corrected chi connectivity index (χ2v) is 4.14. The molecule has 0 aliphatic rings. The molecule has 3 nitrogen and oxygen atoms in total. The topological polar surface area (TPSA) is 37.8 Å². The molecular formula is C10H14ClF2N3. The van der Waals surface area contributed by atoms with Gasteiger partial charge in [0.25, 0.3) is 6.43 Å². The number of nitrogens with one attached hydrogen (secondary N) is 1. The standard InChI is InChI=1S/C10H14ClF2N3/c1-5(2)7(14-3)6-4-15-10(9(12)13)16-8(6)11/h4-5,7,9,14H,1-3H3. The fourth-order valence-corrected chi connectivity index (χ4v) is 1.80. The summed E-state index contributed by atoms with van der Waals surface area (Å²) in [5.74, 6) is -0.268. The van der Waals surface area contributed by atoms with Crippen LogP contribution in [-0.4, -0.2) is 17.0 Å². The second kappa shape index (κ2) is 5.50. The van der Waals surface area contributed by atoms with E-state index in [1.165, 1.54) is 6.20 Å². The lowest BCUT2D eigenvalue weighted by atomic mass is 9.99. The molecule has 0 bridgehead atoms. The van der Waals surface area contributed by atoms with Gasteiger partial charge in [-0.25, -0.2) is 18.7 Å². The average molecular weight is 250 g/mol. The molecule has 1 N–H and O–H groups in total. The molecular weight excluding hydrogens is 236 g/mol. The predicted octanol–water partition coefficient (Wildman–Crippen LogP) is 2.98. The summed E-state index contributed by atoms with van der Waals surface area (Å²) in [6.45, 7) is 4.00. The van der Waals surface area contributed by atoms with Crippen LogP contribution in [0.1, 0.15) is 37.7 Å². The fourth-order valence-electron chi connectivity index (χ4n) is 1.54. The van der Waals surface area contributed by atoms with Crippen molar-refractivity contribution in [2.45, 2.75) is 26.3 Å². The molecule has 1 rings (SSSR count). The van der Waals surface area contributed by atoms with Crippen LogP contribution in [0.3, 0.4) is 0 Å². The van der Waals surface area contributed by atoms with Crippen molar-refractivity contribution in [1.82, 2.24) is 15.3 Å². The first kappa shape index (κ1) is 13.3. The van der Waals surface area contributed by atoms with Crippen molar-refractivity contribution in [3.63, 3.8) is 0 Å². The van der Waals surface area contributed by atoms with Crippen molar-refractivity contribution >= 4 is 11.6 Å². The van der Waals surface area contributed by atoms with Gasteiger partial charge in [0.15, 0.2) is 5.82 Å². The Hall–Kier alpha value is -0.810. The highest BCUT2D eigenvalue weighted by atomic mass is 35.5. The molecule has 16 heavy (non-hydrogen) atoms. The smallest absolute Gasteiger partial charge is 0.297 e. The van der Waals surface area contributed by atoms with Crippen LogP contribution in [0.25, 0.3) is 0 Å². The van der Waals surface area contributed by atoms with Gasteiger partial charge in [-0.2, -0.15) is 0 Å². The van der Waals surface area contributed by atoms with E-state index in [1.54, 1.807) is 7.05 Å². The van der Waals surface area contributed by atoms with Crippen LogP contribution in [-0.2, 0) is 0 Å². The lowest BCUT2D eigenvalue weighted by Gasteiger charge is -2.21. The third-order valence-electron chi connectivity index (χ3n) is 2.29. The Morgan fingerprint density at radius 1 is 1.38 bits per heavy atom. The van der Waals surface area contributed by atoms with Gasteiger partial charge in [0, 0.05) is 17.8 Å².